The first kappa shape index (κ1) is 8.24. The summed E-state index contributed by atoms with van der Waals surface area (Å²) in [4.78, 5) is 23.3. The number of hydrogen-bond acceptors (Lipinski definition) is 2. The molecule has 0 aromatic heterocycles. The Hall–Kier alpha value is -0.860. The third-order valence-corrected chi connectivity index (χ3v) is 1.79. The van der Waals surface area contributed by atoms with E-state index in [0.29, 0.717) is 19.4 Å². The Kier molecular flexibility index (Phi) is 2.63. The summed E-state index contributed by atoms with van der Waals surface area (Å²) >= 11 is 0. The van der Waals surface area contributed by atoms with Crippen molar-refractivity contribution in [2.75, 3.05) is 6.54 Å². The van der Waals surface area contributed by atoms with Gasteiger partial charge < -0.3 is 0 Å². The molecule has 1 fully saturated rings. The number of imide groups is 1. The molecule has 0 spiro atoms. The number of carbonyl (C=O) groups is 2. The average Bonchev–Trinajstić information content (AvgIpc) is 2.29. The molecule has 3 heteroatoms. The van der Waals surface area contributed by atoms with Crippen molar-refractivity contribution < 1.29 is 9.59 Å². The highest BCUT2D eigenvalue weighted by Gasteiger charge is 2.27. The minimum absolute atomic E-state index is 0.0246. The zero-order valence-corrected chi connectivity index (χ0v) is 6.51. The molecule has 3 nitrogen and oxygen atoms in total. The summed E-state index contributed by atoms with van der Waals surface area (Å²) in [5.74, 6) is -0.0492. The highest BCUT2D eigenvalue weighted by Crippen LogP contribution is 2.11. The number of amides is 2. The predicted octanol–water partition coefficient (Wildman–Crippen LogP) is 0.750. The number of rotatable bonds is 3. The predicted molar refractivity (Wildman–Crippen MR) is 40.5 cm³/mol. The van der Waals surface area contributed by atoms with Crippen LogP contribution in [0, 0.1) is 6.92 Å². The van der Waals surface area contributed by atoms with Crippen LogP contribution in [0.1, 0.15) is 25.7 Å². The van der Waals surface area contributed by atoms with Gasteiger partial charge in [-0.15, -0.1) is 0 Å². The van der Waals surface area contributed by atoms with Crippen molar-refractivity contribution >= 4 is 11.8 Å². The van der Waals surface area contributed by atoms with Crippen LogP contribution in [-0.4, -0.2) is 23.3 Å². The molecule has 0 saturated carbocycles. The lowest BCUT2D eigenvalue weighted by atomic mass is 10.3. The van der Waals surface area contributed by atoms with Crippen LogP contribution < -0.4 is 0 Å². The molecule has 61 valence electrons. The van der Waals surface area contributed by atoms with Gasteiger partial charge in [0.15, 0.2) is 0 Å². The average molecular weight is 154 g/mol. The topological polar surface area (TPSA) is 37.4 Å². The Bertz CT molecular complexity index is 161. The third kappa shape index (κ3) is 1.79. The summed E-state index contributed by atoms with van der Waals surface area (Å²) in [5.41, 5.74) is 0. The molecule has 0 N–H and O–H groups in total. The Balaban J connectivity index is 2.41. The van der Waals surface area contributed by atoms with Crippen LogP contribution in [0.15, 0.2) is 0 Å². The van der Waals surface area contributed by atoms with Crippen molar-refractivity contribution in [2.24, 2.45) is 0 Å². The monoisotopic (exact) mass is 154 g/mol. The SMILES string of the molecule is [CH2]CCCN1C(=O)CCC1=O. The normalized spacial score (nSPS) is 18.1. The molecule has 11 heavy (non-hydrogen) atoms. The lowest BCUT2D eigenvalue weighted by molar-refractivity contribution is -0.138. The molecule has 0 aliphatic carbocycles. The molecular weight excluding hydrogens is 142 g/mol. The maximum Gasteiger partial charge on any atom is 0.229 e. The van der Waals surface area contributed by atoms with Gasteiger partial charge in [-0.25, -0.2) is 0 Å². The fourth-order valence-electron chi connectivity index (χ4n) is 1.14. The summed E-state index contributed by atoms with van der Waals surface area (Å²) in [6.45, 7) is 4.20. The van der Waals surface area contributed by atoms with Crippen LogP contribution in [0.25, 0.3) is 0 Å². The molecule has 1 saturated heterocycles. The molecule has 1 rings (SSSR count). The zero-order valence-electron chi connectivity index (χ0n) is 6.51. The molecule has 1 radical (unpaired) electrons. The second-order valence-corrected chi connectivity index (χ2v) is 2.65. The van der Waals surface area contributed by atoms with E-state index in [4.69, 9.17) is 0 Å². The van der Waals surface area contributed by atoms with Gasteiger partial charge in [-0.05, 0) is 6.42 Å². The highest BCUT2D eigenvalue weighted by molar-refractivity contribution is 6.01. The van der Waals surface area contributed by atoms with Crippen LogP contribution in [0.4, 0.5) is 0 Å². The Morgan fingerprint density at radius 2 is 1.82 bits per heavy atom. The summed E-state index contributed by atoms with van der Waals surface area (Å²) in [6.07, 6.45) is 2.39. The van der Waals surface area contributed by atoms with Crippen LogP contribution in [0.2, 0.25) is 0 Å². The van der Waals surface area contributed by atoms with E-state index in [1.54, 1.807) is 0 Å². The van der Waals surface area contributed by atoms with E-state index in [2.05, 4.69) is 6.92 Å². The molecule has 1 heterocycles. The fraction of sp³-hybridized carbons (Fsp3) is 0.625. The molecule has 2 amide bonds. The van der Waals surface area contributed by atoms with E-state index < -0.39 is 0 Å². The van der Waals surface area contributed by atoms with Gasteiger partial charge in [0.1, 0.15) is 0 Å². The first-order valence-electron chi connectivity index (χ1n) is 3.88. The quantitative estimate of drug-likeness (QED) is 0.562. The third-order valence-electron chi connectivity index (χ3n) is 1.79. The van der Waals surface area contributed by atoms with E-state index in [9.17, 15) is 9.59 Å². The number of carbonyl (C=O) groups excluding carboxylic acids is 2. The number of likely N-dealkylation sites (tertiary alicyclic amines) is 1. The maximum atomic E-state index is 11.0. The second-order valence-electron chi connectivity index (χ2n) is 2.65. The molecule has 0 bridgehead atoms. The largest absolute Gasteiger partial charge is 0.283 e. The van der Waals surface area contributed by atoms with E-state index in [0.717, 1.165) is 12.8 Å². The van der Waals surface area contributed by atoms with Gasteiger partial charge in [0.2, 0.25) is 11.8 Å². The first-order chi connectivity index (χ1) is 5.25. The zero-order chi connectivity index (χ0) is 8.27. The molecular formula is C8H12NO2. The van der Waals surface area contributed by atoms with Crippen LogP contribution in [0.5, 0.6) is 0 Å². The van der Waals surface area contributed by atoms with Crippen molar-refractivity contribution in [3.05, 3.63) is 6.92 Å². The van der Waals surface area contributed by atoms with Gasteiger partial charge in [0.25, 0.3) is 0 Å². The van der Waals surface area contributed by atoms with Crippen molar-refractivity contribution in [3.63, 3.8) is 0 Å². The van der Waals surface area contributed by atoms with Gasteiger partial charge in [0.05, 0.1) is 0 Å². The Morgan fingerprint density at radius 1 is 1.27 bits per heavy atom. The molecule has 0 unspecified atom stereocenters. The number of hydrogen-bond donors (Lipinski definition) is 0. The maximum absolute atomic E-state index is 11.0. The molecule has 0 atom stereocenters. The van der Waals surface area contributed by atoms with E-state index in [1.807, 2.05) is 0 Å². The van der Waals surface area contributed by atoms with Crippen LogP contribution in [0.3, 0.4) is 0 Å². The van der Waals surface area contributed by atoms with Crippen molar-refractivity contribution in [2.45, 2.75) is 25.7 Å². The summed E-state index contributed by atoms with van der Waals surface area (Å²) in [6, 6.07) is 0. The van der Waals surface area contributed by atoms with Gasteiger partial charge >= 0.3 is 0 Å². The highest BCUT2D eigenvalue weighted by atomic mass is 16.2. The van der Waals surface area contributed by atoms with Gasteiger partial charge in [-0.3, -0.25) is 14.5 Å². The minimum Gasteiger partial charge on any atom is -0.283 e. The summed E-state index contributed by atoms with van der Waals surface area (Å²) in [7, 11) is 0. The van der Waals surface area contributed by atoms with Crippen molar-refractivity contribution in [1.29, 1.82) is 0 Å². The van der Waals surface area contributed by atoms with E-state index in [-0.39, 0.29) is 11.8 Å². The van der Waals surface area contributed by atoms with Crippen molar-refractivity contribution in [1.82, 2.24) is 4.90 Å². The smallest absolute Gasteiger partial charge is 0.229 e. The van der Waals surface area contributed by atoms with Gasteiger partial charge in [-0.1, -0.05) is 13.3 Å². The lowest BCUT2D eigenvalue weighted by Gasteiger charge is -2.11. The first-order valence-corrected chi connectivity index (χ1v) is 3.88. The molecule has 1 aliphatic rings. The standard InChI is InChI=1S/C8H12NO2/c1-2-3-6-9-7(10)4-5-8(9)11/h1-6H2. The van der Waals surface area contributed by atoms with Crippen molar-refractivity contribution in [3.8, 4) is 0 Å². The van der Waals surface area contributed by atoms with Crippen LogP contribution >= 0.6 is 0 Å². The summed E-state index contributed by atoms with van der Waals surface area (Å²) < 4.78 is 0. The number of unbranched alkanes of at least 4 members (excludes halogenated alkanes) is 1. The summed E-state index contributed by atoms with van der Waals surface area (Å²) in [5, 5.41) is 0. The van der Waals surface area contributed by atoms with Crippen LogP contribution in [-0.2, 0) is 9.59 Å². The fourth-order valence-corrected chi connectivity index (χ4v) is 1.14. The molecule has 1 aliphatic heterocycles. The Labute approximate surface area is 66.4 Å². The lowest BCUT2D eigenvalue weighted by Crippen LogP contribution is -2.29. The number of nitrogens with zero attached hydrogens (tertiary/aromatic N) is 1. The molecule has 0 aromatic carbocycles. The van der Waals surface area contributed by atoms with Gasteiger partial charge in [0, 0.05) is 19.4 Å². The minimum atomic E-state index is -0.0246. The molecule has 0 aromatic rings. The van der Waals surface area contributed by atoms with E-state index in [1.165, 1.54) is 4.90 Å². The Morgan fingerprint density at radius 3 is 2.27 bits per heavy atom. The van der Waals surface area contributed by atoms with Gasteiger partial charge in [-0.2, -0.15) is 0 Å². The van der Waals surface area contributed by atoms with E-state index >= 15 is 0 Å². The second kappa shape index (κ2) is 3.51.